The van der Waals surface area contributed by atoms with Crippen LogP contribution >= 0.6 is 0 Å². The first-order valence-electron chi connectivity index (χ1n) is 5.12. The van der Waals surface area contributed by atoms with Crippen molar-refractivity contribution in [3.8, 4) is 0 Å². The van der Waals surface area contributed by atoms with Crippen LogP contribution < -0.4 is 0 Å². The van der Waals surface area contributed by atoms with Gasteiger partial charge in [-0.05, 0) is 41.1 Å². The zero-order valence-electron chi connectivity index (χ0n) is 8.72. The van der Waals surface area contributed by atoms with E-state index in [-0.39, 0.29) is 0 Å². The molecule has 0 spiro atoms. The molecule has 3 aromatic rings. The average Bonchev–Trinajstić information content (AvgIpc) is 2.35. The summed E-state index contributed by atoms with van der Waals surface area (Å²) < 4.78 is 0. The number of pyridine rings is 1. The monoisotopic (exact) mass is 206 g/mol. The lowest BCUT2D eigenvalue weighted by Crippen LogP contribution is -1.78. The summed E-state index contributed by atoms with van der Waals surface area (Å²) in [7, 11) is 0. The molecule has 2 nitrogen and oxygen atoms in total. The zero-order chi connectivity index (χ0) is 11.0. The van der Waals surface area contributed by atoms with Crippen molar-refractivity contribution < 1.29 is 0 Å². The van der Waals surface area contributed by atoms with Gasteiger partial charge in [0.15, 0.2) is 5.82 Å². The van der Waals surface area contributed by atoms with Crippen LogP contribution in [0, 0.1) is 0 Å². The molecule has 0 atom stereocenters. The van der Waals surface area contributed by atoms with Gasteiger partial charge in [-0.3, -0.25) is 0 Å². The fourth-order valence-corrected chi connectivity index (χ4v) is 1.91. The summed E-state index contributed by atoms with van der Waals surface area (Å²) in [6.45, 7) is 3.49. The molecular formula is C14H10N2. The number of benzene rings is 2. The zero-order valence-corrected chi connectivity index (χ0v) is 8.72. The van der Waals surface area contributed by atoms with Crippen LogP contribution in [-0.2, 0) is 0 Å². The Morgan fingerprint density at radius 1 is 0.875 bits per heavy atom. The van der Waals surface area contributed by atoms with Crippen LogP contribution in [0.1, 0.15) is 0 Å². The molecule has 0 saturated heterocycles. The molecule has 0 unspecified atom stereocenters. The topological polar surface area (TPSA) is 25.2 Å². The molecule has 0 radical (unpaired) electrons. The van der Waals surface area contributed by atoms with E-state index in [0.717, 1.165) is 10.8 Å². The van der Waals surface area contributed by atoms with Crippen LogP contribution in [0.4, 0.5) is 5.82 Å². The first-order valence-corrected chi connectivity index (χ1v) is 5.12. The molecule has 16 heavy (non-hydrogen) atoms. The van der Waals surface area contributed by atoms with Crippen LogP contribution in [0.3, 0.4) is 0 Å². The minimum Gasteiger partial charge on any atom is -0.245 e. The Hall–Kier alpha value is -2.22. The van der Waals surface area contributed by atoms with Crippen molar-refractivity contribution in [2.75, 3.05) is 0 Å². The highest BCUT2D eigenvalue weighted by Crippen LogP contribution is 2.24. The van der Waals surface area contributed by atoms with Crippen molar-refractivity contribution in [2.45, 2.75) is 0 Å². The van der Waals surface area contributed by atoms with E-state index in [2.05, 4.69) is 41.0 Å². The van der Waals surface area contributed by atoms with Gasteiger partial charge in [0.05, 0.1) is 0 Å². The van der Waals surface area contributed by atoms with Crippen molar-refractivity contribution >= 4 is 34.1 Å². The second-order valence-corrected chi connectivity index (χ2v) is 3.75. The second-order valence-electron chi connectivity index (χ2n) is 3.75. The summed E-state index contributed by atoms with van der Waals surface area (Å²) in [6.07, 6.45) is 1.84. The molecule has 1 aromatic heterocycles. The van der Waals surface area contributed by atoms with Crippen molar-refractivity contribution in [1.29, 1.82) is 0 Å². The first-order chi connectivity index (χ1) is 7.86. The third kappa shape index (κ3) is 1.36. The molecule has 0 N–H and O–H groups in total. The van der Waals surface area contributed by atoms with Gasteiger partial charge >= 0.3 is 0 Å². The molecule has 3 rings (SSSR count). The number of hydrogen-bond donors (Lipinski definition) is 0. The molecule has 0 bridgehead atoms. The fourth-order valence-electron chi connectivity index (χ4n) is 1.91. The lowest BCUT2D eigenvalue weighted by Gasteiger charge is -2.02. The molecule has 2 aromatic carbocycles. The van der Waals surface area contributed by atoms with Gasteiger partial charge < -0.3 is 0 Å². The SMILES string of the molecule is C=Nc1cc2cc3ccccc3cc2cn1. The van der Waals surface area contributed by atoms with Crippen molar-refractivity contribution in [2.24, 2.45) is 4.99 Å². The van der Waals surface area contributed by atoms with E-state index < -0.39 is 0 Å². The van der Waals surface area contributed by atoms with Gasteiger partial charge in [-0.1, -0.05) is 24.3 Å². The molecule has 0 amide bonds. The first kappa shape index (κ1) is 9.04. The highest BCUT2D eigenvalue weighted by molar-refractivity contribution is 5.98. The van der Waals surface area contributed by atoms with E-state index in [1.54, 1.807) is 0 Å². The molecule has 0 saturated carbocycles. The lowest BCUT2D eigenvalue weighted by molar-refractivity contribution is 1.31. The van der Waals surface area contributed by atoms with E-state index in [4.69, 9.17) is 0 Å². The standard InChI is InChI=1S/C14H10N2/c1-15-14-8-12-6-10-4-2-3-5-11(10)7-13(12)9-16-14/h2-9H,1H2. The summed E-state index contributed by atoms with van der Waals surface area (Å²) in [5.41, 5.74) is 0. The summed E-state index contributed by atoms with van der Waals surface area (Å²) >= 11 is 0. The maximum atomic E-state index is 4.20. The third-order valence-corrected chi connectivity index (χ3v) is 2.73. The lowest BCUT2D eigenvalue weighted by atomic mass is 10.1. The van der Waals surface area contributed by atoms with Gasteiger partial charge in [-0.25, -0.2) is 9.98 Å². The smallest absolute Gasteiger partial charge is 0.151 e. The Morgan fingerprint density at radius 2 is 1.56 bits per heavy atom. The maximum Gasteiger partial charge on any atom is 0.151 e. The third-order valence-electron chi connectivity index (χ3n) is 2.73. The van der Waals surface area contributed by atoms with E-state index in [1.165, 1.54) is 10.8 Å². The Labute approximate surface area is 93.3 Å². The molecular weight excluding hydrogens is 196 g/mol. The molecule has 0 fully saturated rings. The summed E-state index contributed by atoms with van der Waals surface area (Å²) in [4.78, 5) is 8.04. The van der Waals surface area contributed by atoms with Gasteiger partial charge in [0.1, 0.15) is 0 Å². The van der Waals surface area contributed by atoms with Crippen molar-refractivity contribution in [3.63, 3.8) is 0 Å². The summed E-state index contributed by atoms with van der Waals surface area (Å²) in [5.74, 6) is 0.669. The largest absolute Gasteiger partial charge is 0.245 e. The fraction of sp³-hybridized carbons (Fsp3) is 0. The number of hydrogen-bond acceptors (Lipinski definition) is 2. The number of nitrogens with zero attached hydrogens (tertiary/aromatic N) is 2. The maximum absolute atomic E-state index is 4.20. The van der Waals surface area contributed by atoms with Gasteiger partial charge in [0.25, 0.3) is 0 Å². The average molecular weight is 206 g/mol. The second kappa shape index (κ2) is 3.42. The predicted octanol–water partition coefficient (Wildman–Crippen LogP) is 3.72. The van der Waals surface area contributed by atoms with Gasteiger partial charge in [0.2, 0.25) is 0 Å². The minimum atomic E-state index is 0.669. The highest BCUT2D eigenvalue weighted by atomic mass is 14.9. The quantitative estimate of drug-likeness (QED) is 0.440. The Bertz CT molecular complexity index is 686. The van der Waals surface area contributed by atoms with Crippen LogP contribution in [0.5, 0.6) is 0 Å². The summed E-state index contributed by atoms with van der Waals surface area (Å²) in [6, 6.07) is 14.5. The summed E-state index contributed by atoms with van der Waals surface area (Å²) in [5, 5.41) is 4.74. The molecule has 1 heterocycles. The number of aromatic nitrogens is 1. The van der Waals surface area contributed by atoms with E-state index in [1.807, 2.05) is 24.4 Å². The Balaban J connectivity index is 2.41. The van der Waals surface area contributed by atoms with Crippen molar-refractivity contribution in [1.82, 2.24) is 4.98 Å². The highest BCUT2D eigenvalue weighted by Gasteiger charge is 1.99. The van der Waals surface area contributed by atoms with E-state index in [9.17, 15) is 0 Å². The molecule has 0 aliphatic heterocycles. The Kier molecular flexibility index (Phi) is 1.93. The molecule has 2 heteroatoms. The number of rotatable bonds is 1. The molecule has 0 aliphatic rings. The number of aliphatic imine (C=N–C) groups is 1. The van der Waals surface area contributed by atoms with Crippen molar-refractivity contribution in [3.05, 3.63) is 48.7 Å². The van der Waals surface area contributed by atoms with E-state index >= 15 is 0 Å². The minimum absolute atomic E-state index is 0.669. The number of fused-ring (bicyclic) bond motifs is 2. The normalized spacial score (nSPS) is 10.8. The van der Waals surface area contributed by atoms with Crippen LogP contribution in [-0.4, -0.2) is 11.7 Å². The Morgan fingerprint density at radius 3 is 2.25 bits per heavy atom. The van der Waals surface area contributed by atoms with Crippen LogP contribution in [0.25, 0.3) is 21.5 Å². The van der Waals surface area contributed by atoms with Gasteiger partial charge in [0, 0.05) is 11.6 Å². The molecule has 0 aliphatic carbocycles. The van der Waals surface area contributed by atoms with Crippen LogP contribution in [0.2, 0.25) is 0 Å². The molecule has 76 valence electrons. The van der Waals surface area contributed by atoms with Crippen LogP contribution in [0.15, 0.2) is 53.7 Å². The predicted molar refractivity (Wildman–Crippen MR) is 68.5 cm³/mol. The van der Waals surface area contributed by atoms with Gasteiger partial charge in [-0.2, -0.15) is 0 Å². The van der Waals surface area contributed by atoms with Gasteiger partial charge in [-0.15, -0.1) is 0 Å². The van der Waals surface area contributed by atoms with E-state index in [0.29, 0.717) is 5.82 Å².